The summed E-state index contributed by atoms with van der Waals surface area (Å²) < 4.78 is 27.5. The van der Waals surface area contributed by atoms with Gasteiger partial charge in [0.2, 0.25) is 15.9 Å². The SMILES string of the molecule is CN[C@@H](CCCCC/C=C\[C@@H]1C[C@]1(CC(=O)[C@@H]1C(C)[C@@H](C)CN1P)C(=O)NS(C)(=O)=O)C(C)=O. The predicted octanol–water partition coefficient (Wildman–Crippen LogP) is 2.46. The van der Waals surface area contributed by atoms with E-state index in [4.69, 9.17) is 0 Å². The predicted molar refractivity (Wildman–Crippen MR) is 137 cm³/mol. The monoisotopic (exact) mass is 515 g/mol. The van der Waals surface area contributed by atoms with Gasteiger partial charge in [0.1, 0.15) is 5.78 Å². The Hall–Kier alpha value is -1.15. The normalized spacial score (nSPS) is 30.4. The molecule has 2 rings (SSSR count). The second kappa shape index (κ2) is 12.2. The molecule has 2 unspecified atom stereocenters. The molecule has 0 aromatic heterocycles. The number of rotatable bonds is 14. The van der Waals surface area contributed by atoms with Crippen molar-refractivity contribution in [2.75, 3.05) is 19.8 Å². The molecule has 8 nitrogen and oxygen atoms in total. The number of hydrogen-bond donors (Lipinski definition) is 2. The highest BCUT2D eigenvalue weighted by Gasteiger charge is 2.60. The minimum atomic E-state index is -3.70. The van der Waals surface area contributed by atoms with Crippen molar-refractivity contribution in [3.63, 3.8) is 0 Å². The van der Waals surface area contributed by atoms with Gasteiger partial charge < -0.3 is 5.32 Å². The number of carbonyl (C=O) groups is 3. The number of Topliss-reactive ketones (excluding diaryl/α,β-unsaturated/α-hetero) is 2. The lowest BCUT2D eigenvalue weighted by Gasteiger charge is -2.24. The standard InChI is InChI=1S/C24H42N3O5PS/c1-16-15-27(33)22(17(16)2)21(29)14-24(23(30)26-34(5,31)32)13-19(24)11-9-7-6-8-10-12-20(25-4)18(3)28/h9,11,16-17,19-20,22,25H,6-8,10,12-15,33H2,1-5H3,(H,26,30)/b11-9-/t16-,17?,19+,20-,22-,24+/m0/s1. The van der Waals surface area contributed by atoms with Gasteiger partial charge in [-0.05, 0) is 57.4 Å². The van der Waals surface area contributed by atoms with Crippen LogP contribution in [-0.4, -0.2) is 62.5 Å². The first-order chi connectivity index (χ1) is 15.8. The van der Waals surface area contributed by atoms with Crippen LogP contribution in [0.4, 0.5) is 0 Å². The van der Waals surface area contributed by atoms with Crippen LogP contribution < -0.4 is 10.0 Å². The molecule has 0 spiro atoms. The average Bonchev–Trinajstić information content (AvgIpc) is 3.34. The van der Waals surface area contributed by atoms with Gasteiger partial charge in [0.25, 0.3) is 0 Å². The Balaban J connectivity index is 1.95. The van der Waals surface area contributed by atoms with E-state index in [1.54, 1.807) is 14.0 Å². The first-order valence-electron chi connectivity index (χ1n) is 12.2. The maximum Gasteiger partial charge on any atom is 0.240 e. The summed E-state index contributed by atoms with van der Waals surface area (Å²) in [4.78, 5) is 37.6. The van der Waals surface area contributed by atoms with Gasteiger partial charge in [-0.15, -0.1) is 0 Å². The van der Waals surface area contributed by atoms with Crippen molar-refractivity contribution < 1.29 is 22.8 Å². The van der Waals surface area contributed by atoms with Crippen LogP contribution in [0.25, 0.3) is 0 Å². The quantitative estimate of drug-likeness (QED) is 0.208. The van der Waals surface area contributed by atoms with Crippen LogP contribution >= 0.6 is 9.39 Å². The van der Waals surface area contributed by atoms with Gasteiger partial charge in [0.05, 0.1) is 23.8 Å². The summed E-state index contributed by atoms with van der Waals surface area (Å²) in [6, 6.07) is -0.360. The summed E-state index contributed by atoms with van der Waals surface area (Å²) in [5.74, 6) is -0.0122. The Morgan fingerprint density at radius 3 is 2.41 bits per heavy atom. The van der Waals surface area contributed by atoms with Crippen LogP contribution in [0.2, 0.25) is 0 Å². The average molecular weight is 516 g/mol. The molecule has 1 aliphatic heterocycles. The van der Waals surface area contributed by atoms with E-state index in [0.717, 1.165) is 44.9 Å². The van der Waals surface area contributed by atoms with Crippen molar-refractivity contribution >= 4 is 36.9 Å². The molecule has 1 amide bonds. The van der Waals surface area contributed by atoms with Crippen molar-refractivity contribution in [2.45, 2.75) is 77.8 Å². The summed E-state index contributed by atoms with van der Waals surface area (Å²) >= 11 is 0. The van der Waals surface area contributed by atoms with E-state index in [1.807, 2.05) is 16.8 Å². The highest BCUT2D eigenvalue weighted by Crippen LogP contribution is 2.57. The van der Waals surface area contributed by atoms with Crippen molar-refractivity contribution in [3.8, 4) is 0 Å². The first-order valence-corrected chi connectivity index (χ1v) is 14.6. The smallest absolute Gasteiger partial charge is 0.240 e. The maximum atomic E-state index is 13.2. The third-order valence-electron chi connectivity index (χ3n) is 7.51. The highest BCUT2D eigenvalue weighted by atomic mass is 32.2. The van der Waals surface area contributed by atoms with Crippen molar-refractivity contribution in [2.24, 2.45) is 23.2 Å². The molecule has 7 atom stereocenters. The molecule has 1 heterocycles. The van der Waals surface area contributed by atoms with Gasteiger partial charge in [0, 0.05) is 13.0 Å². The second-order valence-corrected chi connectivity index (χ2v) is 12.7. The number of unbranched alkanes of at least 4 members (excludes halogenated alkanes) is 3. The summed E-state index contributed by atoms with van der Waals surface area (Å²) in [6.45, 7) is 6.57. The van der Waals surface area contributed by atoms with Crippen molar-refractivity contribution in [1.82, 2.24) is 14.7 Å². The van der Waals surface area contributed by atoms with Crippen molar-refractivity contribution in [1.29, 1.82) is 0 Å². The fourth-order valence-electron chi connectivity index (χ4n) is 5.12. The molecule has 0 bridgehead atoms. The summed E-state index contributed by atoms with van der Waals surface area (Å²) in [7, 11) is 0.719. The fourth-order valence-corrected chi connectivity index (χ4v) is 6.43. The number of carbonyl (C=O) groups excluding carboxylic acids is 3. The Labute approximate surface area is 207 Å². The number of nitrogens with zero attached hydrogens (tertiary/aromatic N) is 1. The number of sulfonamides is 1. The fraction of sp³-hybridized carbons (Fsp3) is 0.792. The van der Waals surface area contributed by atoms with E-state index in [9.17, 15) is 22.8 Å². The van der Waals surface area contributed by atoms with Crippen LogP contribution in [0.15, 0.2) is 12.2 Å². The minimum absolute atomic E-state index is 0.00374. The van der Waals surface area contributed by atoms with Gasteiger partial charge in [-0.2, -0.15) is 0 Å². The first kappa shape index (κ1) is 29.1. The van der Waals surface area contributed by atoms with Gasteiger partial charge in [0.15, 0.2) is 5.78 Å². The van der Waals surface area contributed by atoms with Crippen molar-refractivity contribution in [3.05, 3.63) is 12.2 Å². The van der Waals surface area contributed by atoms with Crippen LogP contribution in [0.1, 0.15) is 65.7 Å². The Kier molecular flexibility index (Phi) is 10.4. The van der Waals surface area contributed by atoms with Crippen LogP contribution in [0.5, 0.6) is 0 Å². The van der Waals surface area contributed by atoms with E-state index in [-0.39, 0.29) is 41.9 Å². The Morgan fingerprint density at radius 2 is 1.88 bits per heavy atom. The molecule has 194 valence electrons. The second-order valence-electron chi connectivity index (χ2n) is 10.3. The zero-order valence-electron chi connectivity index (χ0n) is 21.2. The third kappa shape index (κ3) is 7.67. The van der Waals surface area contributed by atoms with Crippen LogP contribution in [-0.2, 0) is 24.4 Å². The van der Waals surface area contributed by atoms with E-state index in [0.29, 0.717) is 12.3 Å². The molecule has 0 radical (unpaired) electrons. The lowest BCUT2D eigenvalue weighted by atomic mass is 9.86. The van der Waals surface area contributed by atoms with Gasteiger partial charge in [-0.3, -0.25) is 23.8 Å². The molecule has 34 heavy (non-hydrogen) atoms. The number of amides is 1. The zero-order valence-corrected chi connectivity index (χ0v) is 23.1. The molecule has 1 saturated heterocycles. The molecule has 10 heteroatoms. The molecular formula is C24H42N3O5PS. The number of likely N-dealkylation sites (N-methyl/N-ethyl adjacent to an activating group) is 1. The molecule has 2 N–H and O–H groups in total. The topological polar surface area (TPSA) is 113 Å². The summed E-state index contributed by atoms with van der Waals surface area (Å²) in [5, 5.41) is 3.03. The zero-order chi connectivity index (χ0) is 25.7. The molecule has 2 aliphatic rings. The molecule has 0 aromatic carbocycles. The van der Waals surface area contributed by atoms with E-state index < -0.39 is 21.3 Å². The third-order valence-corrected chi connectivity index (χ3v) is 8.59. The maximum absolute atomic E-state index is 13.2. The Morgan fingerprint density at radius 1 is 1.21 bits per heavy atom. The minimum Gasteiger partial charge on any atom is -0.311 e. The summed E-state index contributed by atoms with van der Waals surface area (Å²) in [5.41, 5.74) is -0.991. The van der Waals surface area contributed by atoms with Crippen LogP contribution in [0, 0.1) is 23.2 Å². The van der Waals surface area contributed by atoms with Gasteiger partial charge >= 0.3 is 0 Å². The Bertz CT molecular complexity index is 893. The van der Waals surface area contributed by atoms with Gasteiger partial charge in [-0.1, -0.05) is 48.2 Å². The molecule has 0 aromatic rings. The van der Waals surface area contributed by atoms with E-state index in [1.165, 1.54) is 0 Å². The lowest BCUT2D eigenvalue weighted by Crippen LogP contribution is -2.41. The molecule has 1 aliphatic carbocycles. The van der Waals surface area contributed by atoms with Crippen LogP contribution in [0.3, 0.4) is 0 Å². The number of nitrogens with one attached hydrogen (secondary N) is 2. The number of ketones is 2. The molecular weight excluding hydrogens is 473 g/mol. The van der Waals surface area contributed by atoms with E-state index in [2.05, 4.69) is 33.3 Å². The summed E-state index contributed by atoms with van der Waals surface area (Å²) in [6.07, 6.45) is 10.1. The lowest BCUT2D eigenvalue weighted by molar-refractivity contribution is -0.131. The number of hydrogen-bond acceptors (Lipinski definition) is 7. The largest absolute Gasteiger partial charge is 0.311 e. The number of allylic oxidation sites excluding steroid dienone is 2. The van der Waals surface area contributed by atoms with E-state index >= 15 is 0 Å². The molecule has 1 saturated carbocycles. The van der Waals surface area contributed by atoms with Gasteiger partial charge in [-0.25, -0.2) is 8.42 Å². The molecule has 2 fully saturated rings. The highest BCUT2D eigenvalue weighted by molar-refractivity contribution is 7.89.